The van der Waals surface area contributed by atoms with E-state index in [1.54, 1.807) is 0 Å². The molecule has 1 aliphatic rings. The molecule has 0 radical (unpaired) electrons. The Kier molecular flexibility index (Phi) is 2.91. The molecule has 1 fully saturated rings. The van der Waals surface area contributed by atoms with Gasteiger partial charge in [0, 0.05) is 31.1 Å². The molecule has 1 N–H and O–H groups in total. The zero-order valence-electron chi connectivity index (χ0n) is 7.64. The summed E-state index contributed by atoms with van der Waals surface area (Å²) in [4.78, 5) is 3.82. The van der Waals surface area contributed by atoms with Gasteiger partial charge in [-0.2, -0.15) is 0 Å². The number of aryl methyl sites for hydroxylation is 1. The molecular weight excluding hydrogens is 248 g/mol. The summed E-state index contributed by atoms with van der Waals surface area (Å²) in [6, 6.07) is 2.20. The third-order valence-corrected chi connectivity index (χ3v) is 4.17. The molecule has 0 saturated carbocycles. The summed E-state index contributed by atoms with van der Waals surface area (Å²) in [5.74, 6) is 0. The van der Waals surface area contributed by atoms with Crippen molar-refractivity contribution in [2.24, 2.45) is 0 Å². The second-order valence-electron chi connectivity index (χ2n) is 3.25. The van der Waals surface area contributed by atoms with E-state index in [1.165, 1.54) is 14.4 Å². The Bertz CT molecular complexity index is 292. The Morgan fingerprint density at radius 3 is 2.69 bits per heavy atom. The van der Waals surface area contributed by atoms with Crippen molar-refractivity contribution in [3.05, 3.63) is 15.4 Å². The first-order valence-corrected chi connectivity index (χ1v) is 6.10. The first-order chi connectivity index (χ1) is 6.27. The zero-order valence-corrected chi connectivity index (χ0v) is 10.0. The number of thiophene rings is 1. The van der Waals surface area contributed by atoms with Crippen molar-refractivity contribution in [3.8, 4) is 0 Å². The minimum atomic E-state index is 1.10. The van der Waals surface area contributed by atoms with E-state index in [4.69, 9.17) is 0 Å². The number of piperazine rings is 1. The van der Waals surface area contributed by atoms with Gasteiger partial charge in [-0.05, 0) is 28.9 Å². The second-order valence-corrected chi connectivity index (χ2v) is 5.34. The Labute approximate surface area is 91.1 Å². The number of hydrogen-bond donors (Lipinski definition) is 1. The number of hydrogen-bond acceptors (Lipinski definition) is 3. The predicted octanol–water partition coefficient (Wildman–Crippen LogP) is 2.23. The summed E-state index contributed by atoms with van der Waals surface area (Å²) in [5, 5.41) is 4.75. The Hall–Kier alpha value is -0.0600. The van der Waals surface area contributed by atoms with E-state index < -0.39 is 0 Å². The fraction of sp³-hybridized carbons (Fsp3) is 0.556. The molecule has 0 aromatic carbocycles. The molecule has 0 spiro atoms. The largest absolute Gasteiger partial charge is 0.360 e. The van der Waals surface area contributed by atoms with Crippen molar-refractivity contribution in [1.29, 1.82) is 0 Å². The lowest BCUT2D eigenvalue weighted by Crippen LogP contribution is -2.43. The second kappa shape index (κ2) is 3.98. The summed E-state index contributed by atoms with van der Waals surface area (Å²) >= 11 is 5.47. The van der Waals surface area contributed by atoms with Gasteiger partial charge in [-0.25, -0.2) is 0 Å². The van der Waals surface area contributed by atoms with Gasteiger partial charge in [-0.3, -0.25) is 0 Å². The predicted molar refractivity (Wildman–Crippen MR) is 61.8 cm³/mol. The van der Waals surface area contributed by atoms with Gasteiger partial charge in [0.1, 0.15) is 5.00 Å². The van der Waals surface area contributed by atoms with Crippen LogP contribution in [0.1, 0.15) is 4.88 Å². The first-order valence-electron chi connectivity index (χ1n) is 4.49. The standard InChI is InChI=1S/C9H13BrN2S/c1-7-6-8(10)9(13-7)12-4-2-11-3-5-12/h6,11H,2-5H2,1H3. The van der Waals surface area contributed by atoms with Gasteiger partial charge in [0.15, 0.2) is 0 Å². The van der Waals surface area contributed by atoms with Gasteiger partial charge < -0.3 is 10.2 Å². The van der Waals surface area contributed by atoms with Gasteiger partial charge >= 0.3 is 0 Å². The van der Waals surface area contributed by atoms with Crippen LogP contribution in [-0.2, 0) is 0 Å². The van der Waals surface area contributed by atoms with Crippen LogP contribution in [0.2, 0.25) is 0 Å². The van der Waals surface area contributed by atoms with Crippen LogP contribution in [0.5, 0.6) is 0 Å². The van der Waals surface area contributed by atoms with Crippen molar-refractivity contribution in [3.63, 3.8) is 0 Å². The highest BCUT2D eigenvalue weighted by Gasteiger charge is 2.15. The van der Waals surface area contributed by atoms with E-state index >= 15 is 0 Å². The maximum absolute atomic E-state index is 3.60. The minimum absolute atomic E-state index is 1.10. The van der Waals surface area contributed by atoms with Gasteiger partial charge in [0.25, 0.3) is 0 Å². The van der Waals surface area contributed by atoms with Crippen LogP contribution in [0.15, 0.2) is 10.5 Å². The molecule has 0 amide bonds. The number of nitrogens with zero attached hydrogens (tertiary/aromatic N) is 1. The van der Waals surface area contributed by atoms with E-state index in [0.29, 0.717) is 0 Å². The van der Waals surface area contributed by atoms with E-state index in [2.05, 4.69) is 39.1 Å². The van der Waals surface area contributed by atoms with Crippen molar-refractivity contribution < 1.29 is 0 Å². The van der Waals surface area contributed by atoms with Crippen LogP contribution in [0, 0.1) is 6.92 Å². The van der Waals surface area contributed by atoms with Crippen LogP contribution in [-0.4, -0.2) is 26.2 Å². The smallest absolute Gasteiger partial charge is 0.106 e. The lowest BCUT2D eigenvalue weighted by Gasteiger charge is -2.28. The molecule has 0 unspecified atom stereocenters. The molecule has 0 bridgehead atoms. The molecule has 72 valence electrons. The van der Waals surface area contributed by atoms with Crippen LogP contribution < -0.4 is 10.2 Å². The Morgan fingerprint density at radius 1 is 1.46 bits per heavy atom. The molecule has 0 atom stereocenters. The van der Waals surface area contributed by atoms with Crippen LogP contribution >= 0.6 is 27.3 Å². The number of nitrogens with one attached hydrogen (secondary N) is 1. The monoisotopic (exact) mass is 260 g/mol. The van der Waals surface area contributed by atoms with Gasteiger partial charge in [0.05, 0.1) is 4.47 Å². The first kappa shape index (κ1) is 9.49. The summed E-state index contributed by atoms with van der Waals surface area (Å²) in [7, 11) is 0. The van der Waals surface area contributed by atoms with Gasteiger partial charge in [-0.15, -0.1) is 11.3 Å². The number of halogens is 1. The van der Waals surface area contributed by atoms with Gasteiger partial charge in [0.2, 0.25) is 0 Å². The average Bonchev–Trinajstić information content (AvgIpc) is 2.47. The van der Waals surface area contributed by atoms with Crippen molar-refractivity contribution in [2.75, 3.05) is 31.1 Å². The van der Waals surface area contributed by atoms with Crippen molar-refractivity contribution >= 4 is 32.3 Å². The Morgan fingerprint density at radius 2 is 2.15 bits per heavy atom. The molecule has 2 heterocycles. The fourth-order valence-electron chi connectivity index (χ4n) is 1.55. The molecule has 1 aliphatic heterocycles. The fourth-order valence-corrected chi connectivity index (χ4v) is 3.49. The highest BCUT2D eigenvalue weighted by atomic mass is 79.9. The molecule has 1 aromatic heterocycles. The zero-order chi connectivity index (χ0) is 9.26. The highest BCUT2D eigenvalue weighted by molar-refractivity contribution is 9.10. The molecule has 0 aliphatic carbocycles. The lowest BCUT2D eigenvalue weighted by atomic mass is 10.4. The Balaban J connectivity index is 2.18. The SMILES string of the molecule is Cc1cc(Br)c(N2CCNCC2)s1. The van der Waals surface area contributed by atoms with E-state index in [1.807, 2.05) is 11.3 Å². The minimum Gasteiger partial charge on any atom is -0.360 e. The molecule has 1 aromatic rings. The maximum atomic E-state index is 3.60. The quantitative estimate of drug-likeness (QED) is 0.834. The highest BCUT2D eigenvalue weighted by Crippen LogP contribution is 2.35. The normalized spacial score (nSPS) is 17.8. The summed E-state index contributed by atoms with van der Waals surface area (Å²) < 4.78 is 1.25. The summed E-state index contributed by atoms with van der Waals surface area (Å²) in [5.41, 5.74) is 0. The molecule has 4 heteroatoms. The van der Waals surface area contributed by atoms with Crippen LogP contribution in [0.3, 0.4) is 0 Å². The van der Waals surface area contributed by atoms with E-state index in [9.17, 15) is 0 Å². The lowest BCUT2D eigenvalue weighted by molar-refractivity contribution is 0.591. The van der Waals surface area contributed by atoms with E-state index in [0.717, 1.165) is 26.2 Å². The number of anilines is 1. The van der Waals surface area contributed by atoms with Crippen molar-refractivity contribution in [2.45, 2.75) is 6.92 Å². The third-order valence-electron chi connectivity index (χ3n) is 2.20. The third kappa shape index (κ3) is 2.06. The molecular formula is C9H13BrN2S. The topological polar surface area (TPSA) is 15.3 Å². The van der Waals surface area contributed by atoms with Gasteiger partial charge in [-0.1, -0.05) is 0 Å². The molecule has 2 nitrogen and oxygen atoms in total. The van der Waals surface area contributed by atoms with Crippen LogP contribution in [0.25, 0.3) is 0 Å². The summed E-state index contributed by atoms with van der Waals surface area (Å²) in [6.45, 7) is 6.60. The maximum Gasteiger partial charge on any atom is 0.106 e. The molecule has 13 heavy (non-hydrogen) atoms. The average molecular weight is 261 g/mol. The number of rotatable bonds is 1. The van der Waals surface area contributed by atoms with E-state index in [-0.39, 0.29) is 0 Å². The summed E-state index contributed by atoms with van der Waals surface area (Å²) in [6.07, 6.45) is 0. The molecule has 1 saturated heterocycles. The van der Waals surface area contributed by atoms with Crippen molar-refractivity contribution in [1.82, 2.24) is 5.32 Å². The van der Waals surface area contributed by atoms with Crippen LogP contribution in [0.4, 0.5) is 5.00 Å². The molecule has 2 rings (SSSR count).